The van der Waals surface area contributed by atoms with Gasteiger partial charge in [-0.25, -0.2) is 4.79 Å². The van der Waals surface area contributed by atoms with Crippen LogP contribution in [0.4, 0.5) is 10.5 Å². The van der Waals surface area contributed by atoms with Crippen LogP contribution in [-0.4, -0.2) is 56.7 Å². The molecular formula is C15H21N3O3. The highest BCUT2D eigenvalue weighted by Crippen LogP contribution is 2.17. The molecule has 1 fully saturated rings. The summed E-state index contributed by atoms with van der Waals surface area (Å²) < 4.78 is 4.45. The van der Waals surface area contributed by atoms with E-state index in [0.717, 1.165) is 13.1 Å². The number of methoxy groups -OCH3 is 1. The van der Waals surface area contributed by atoms with E-state index in [1.165, 1.54) is 18.4 Å². The van der Waals surface area contributed by atoms with Crippen LogP contribution in [0.2, 0.25) is 0 Å². The molecule has 1 N–H and O–H groups in total. The molecule has 0 saturated carbocycles. The molecule has 1 aromatic carbocycles. The largest absolute Gasteiger partial charge is 0.453 e. The minimum absolute atomic E-state index is 0.0167. The number of alkyl carbamates (subject to hydrolysis) is 1. The fraction of sp³-hybridized carbons (Fsp3) is 0.467. The molecule has 0 atom stereocenters. The maximum absolute atomic E-state index is 12.0. The van der Waals surface area contributed by atoms with Gasteiger partial charge in [0.15, 0.2) is 0 Å². The van der Waals surface area contributed by atoms with Crippen molar-refractivity contribution in [2.24, 2.45) is 0 Å². The third kappa shape index (κ3) is 4.11. The number of ether oxygens (including phenoxy) is 1. The van der Waals surface area contributed by atoms with Crippen molar-refractivity contribution in [2.75, 3.05) is 44.7 Å². The summed E-state index contributed by atoms with van der Waals surface area (Å²) in [6, 6.07) is 8.35. The highest BCUT2D eigenvalue weighted by atomic mass is 16.5. The Morgan fingerprint density at radius 1 is 1.24 bits per heavy atom. The molecule has 0 spiro atoms. The number of carbonyl (C=O) groups is 2. The monoisotopic (exact) mass is 291 g/mol. The zero-order valence-corrected chi connectivity index (χ0v) is 12.5. The van der Waals surface area contributed by atoms with Crippen LogP contribution in [0.15, 0.2) is 24.3 Å². The molecule has 21 heavy (non-hydrogen) atoms. The van der Waals surface area contributed by atoms with Gasteiger partial charge in [-0.3, -0.25) is 4.79 Å². The van der Waals surface area contributed by atoms with Crippen LogP contribution in [0, 0.1) is 6.92 Å². The molecule has 6 nitrogen and oxygen atoms in total. The van der Waals surface area contributed by atoms with Crippen LogP contribution in [-0.2, 0) is 9.53 Å². The number of amides is 2. The Balaban J connectivity index is 1.83. The van der Waals surface area contributed by atoms with E-state index in [1.807, 2.05) is 6.07 Å². The van der Waals surface area contributed by atoms with E-state index in [4.69, 9.17) is 0 Å². The van der Waals surface area contributed by atoms with Crippen LogP contribution in [0.3, 0.4) is 0 Å². The van der Waals surface area contributed by atoms with Crippen molar-refractivity contribution in [2.45, 2.75) is 6.92 Å². The number of carbonyl (C=O) groups excluding carboxylic acids is 2. The minimum atomic E-state index is -0.582. The molecule has 0 radical (unpaired) electrons. The van der Waals surface area contributed by atoms with E-state index in [1.54, 1.807) is 4.90 Å². The van der Waals surface area contributed by atoms with Gasteiger partial charge in [0.25, 0.3) is 0 Å². The van der Waals surface area contributed by atoms with Crippen molar-refractivity contribution >= 4 is 17.7 Å². The standard InChI is InChI=1S/C15H21N3O3/c1-12-4-3-5-13(10-12)17-6-8-18(9-7-17)14(19)11-16-15(20)21-2/h3-5,10H,6-9,11H2,1-2H3,(H,16,20). The average molecular weight is 291 g/mol. The van der Waals surface area contributed by atoms with Crippen LogP contribution in [0.25, 0.3) is 0 Å². The van der Waals surface area contributed by atoms with E-state index < -0.39 is 6.09 Å². The Morgan fingerprint density at radius 3 is 2.57 bits per heavy atom. The van der Waals surface area contributed by atoms with Gasteiger partial charge in [-0.1, -0.05) is 12.1 Å². The van der Waals surface area contributed by atoms with E-state index in [-0.39, 0.29) is 12.5 Å². The maximum Gasteiger partial charge on any atom is 0.407 e. The number of nitrogens with zero attached hydrogens (tertiary/aromatic N) is 2. The zero-order chi connectivity index (χ0) is 15.2. The van der Waals surface area contributed by atoms with Gasteiger partial charge in [-0.2, -0.15) is 0 Å². The first-order chi connectivity index (χ1) is 10.1. The molecule has 6 heteroatoms. The number of hydrogen-bond donors (Lipinski definition) is 1. The second-order valence-electron chi connectivity index (χ2n) is 5.05. The van der Waals surface area contributed by atoms with E-state index in [0.29, 0.717) is 13.1 Å². The Kier molecular flexibility index (Phi) is 5.03. The molecular weight excluding hydrogens is 270 g/mol. The summed E-state index contributed by atoms with van der Waals surface area (Å²) in [6.45, 7) is 4.98. The molecule has 2 rings (SSSR count). The summed E-state index contributed by atoms with van der Waals surface area (Å²) in [5, 5.41) is 2.41. The van der Waals surface area contributed by atoms with Gasteiger partial charge in [0.2, 0.25) is 5.91 Å². The van der Waals surface area contributed by atoms with Crippen molar-refractivity contribution in [3.05, 3.63) is 29.8 Å². The quantitative estimate of drug-likeness (QED) is 0.902. The van der Waals surface area contributed by atoms with E-state index >= 15 is 0 Å². The lowest BCUT2D eigenvalue weighted by molar-refractivity contribution is -0.130. The highest BCUT2D eigenvalue weighted by molar-refractivity contribution is 5.82. The van der Waals surface area contributed by atoms with Crippen LogP contribution < -0.4 is 10.2 Å². The van der Waals surface area contributed by atoms with Gasteiger partial charge in [0.1, 0.15) is 6.54 Å². The highest BCUT2D eigenvalue weighted by Gasteiger charge is 2.21. The molecule has 1 aliphatic heterocycles. The lowest BCUT2D eigenvalue weighted by Crippen LogP contribution is -2.51. The summed E-state index contributed by atoms with van der Waals surface area (Å²) in [6.07, 6.45) is -0.582. The fourth-order valence-electron chi connectivity index (χ4n) is 2.37. The minimum Gasteiger partial charge on any atom is -0.453 e. The smallest absolute Gasteiger partial charge is 0.407 e. The molecule has 1 aromatic rings. The van der Waals surface area contributed by atoms with Crippen LogP contribution >= 0.6 is 0 Å². The Hall–Kier alpha value is -2.24. The Morgan fingerprint density at radius 2 is 1.95 bits per heavy atom. The average Bonchev–Trinajstić information content (AvgIpc) is 2.52. The second-order valence-corrected chi connectivity index (χ2v) is 5.05. The molecule has 114 valence electrons. The van der Waals surface area contributed by atoms with E-state index in [2.05, 4.69) is 40.1 Å². The van der Waals surface area contributed by atoms with Crippen molar-refractivity contribution < 1.29 is 14.3 Å². The molecule has 1 heterocycles. The summed E-state index contributed by atoms with van der Waals surface area (Å²) in [7, 11) is 1.28. The van der Waals surface area contributed by atoms with Gasteiger partial charge in [-0.15, -0.1) is 0 Å². The molecule has 2 amide bonds. The lowest BCUT2D eigenvalue weighted by Gasteiger charge is -2.36. The lowest BCUT2D eigenvalue weighted by atomic mass is 10.2. The van der Waals surface area contributed by atoms with E-state index in [9.17, 15) is 9.59 Å². The van der Waals surface area contributed by atoms with Crippen molar-refractivity contribution in [1.82, 2.24) is 10.2 Å². The van der Waals surface area contributed by atoms with Crippen LogP contribution in [0.1, 0.15) is 5.56 Å². The summed E-state index contributed by atoms with van der Waals surface area (Å²) in [5.41, 5.74) is 2.42. The van der Waals surface area contributed by atoms with Crippen LogP contribution in [0.5, 0.6) is 0 Å². The Labute approximate surface area is 124 Å². The predicted molar refractivity (Wildman–Crippen MR) is 80.4 cm³/mol. The number of piperazine rings is 1. The zero-order valence-electron chi connectivity index (χ0n) is 12.5. The summed E-state index contributed by atoms with van der Waals surface area (Å²) in [5.74, 6) is -0.0794. The third-order valence-corrected chi connectivity index (χ3v) is 3.57. The number of nitrogens with one attached hydrogen (secondary N) is 1. The molecule has 1 aliphatic rings. The summed E-state index contributed by atoms with van der Waals surface area (Å²) in [4.78, 5) is 26.9. The molecule has 0 aromatic heterocycles. The molecule has 1 saturated heterocycles. The fourth-order valence-corrected chi connectivity index (χ4v) is 2.37. The van der Waals surface area contributed by atoms with Crippen molar-refractivity contribution in [3.8, 4) is 0 Å². The first kappa shape index (κ1) is 15.2. The van der Waals surface area contributed by atoms with Gasteiger partial charge in [-0.05, 0) is 24.6 Å². The number of aryl methyl sites for hydroxylation is 1. The molecule has 0 bridgehead atoms. The SMILES string of the molecule is COC(=O)NCC(=O)N1CCN(c2cccc(C)c2)CC1. The topological polar surface area (TPSA) is 61.9 Å². The number of benzene rings is 1. The molecule has 0 aliphatic carbocycles. The molecule has 0 unspecified atom stereocenters. The number of hydrogen-bond acceptors (Lipinski definition) is 4. The van der Waals surface area contributed by atoms with Gasteiger partial charge in [0, 0.05) is 31.9 Å². The number of rotatable bonds is 3. The summed E-state index contributed by atoms with van der Waals surface area (Å²) >= 11 is 0. The van der Waals surface area contributed by atoms with Gasteiger partial charge >= 0.3 is 6.09 Å². The maximum atomic E-state index is 12.0. The van der Waals surface area contributed by atoms with Crippen molar-refractivity contribution in [1.29, 1.82) is 0 Å². The van der Waals surface area contributed by atoms with Gasteiger partial charge < -0.3 is 19.9 Å². The first-order valence-corrected chi connectivity index (χ1v) is 7.01. The second kappa shape index (κ2) is 6.97. The third-order valence-electron chi connectivity index (χ3n) is 3.57. The first-order valence-electron chi connectivity index (χ1n) is 7.01. The normalized spacial score (nSPS) is 14.8. The Bertz CT molecular complexity index is 511. The van der Waals surface area contributed by atoms with Crippen molar-refractivity contribution in [3.63, 3.8) is 0 Å². The predicted octanol–water partition coefficient (Wildman–Crippen LogP) is 1.000. The number of anilines is 1. The van der Waals surface area contributed by atoms with Gasteiger partial charge in [0.05, 0.1) is 7.11 Å².